The first-order valence-corrected chi connectivity index (χ1v) is 15.5. The predicted octanol–water partition coefficient (Wildman–Crippen LogP) is 2.69. The Kier molecular flexibility index (Phi) is 7.66. The second-order valence-electron chi connectivity index (χ2n) is 10.5. The van der Waals surface area contributed by atoms with E-state index in [9.17, 15) is 22.8 Å². The van der Waals surface area contributed by atoms with E-state index in [1.165, 1.54) is 35.5 Å². The second-order valence-corrected chi connectivity index (χ2v) is 12.6. The van der Waals surface area contributed by atoms with Gasteiger partial charge in [-0.25, -0.2) is 18.8 Å². The number of piperazine rings is 1. The summed E-state index contributed by atoms with van der Waals surface area (Å²) in [5, 5.41) is 0.747. The van der Waals surface area contributed by atoms with Crippen LogP contribution in [0.15, 0.2) is 84.2 Å². The molecule has 2 aromatic heterocycles. The normalized spacial score (nSPS) is 16.9. The molecule has 6 rings (SSSR count). The highest BCUT2D eigenvalue weighted by Gasteiger charge is 2.34. The fourth-order valence-corrected chi connectivity index (χ4v) is 6.66. The third kappa shape index (κ3) is 5.20. The molecule has 1 unspecified atom stereocenters. The number of aromatic amines is 1. The van der Waals surface area contributed by atoms with E-state index in [0.717, 1.165) is 5.56 Å². The molecule has 2 aliphatic heterocycles. The van der Waals surface area contributed by atoms with Crippen molar-refractivity contribution >= 4 is 44.2 Å². The van der Waals surface area contributed by atoms with E-state index in [1.54, 1.807) is 59.6 Å². The Morgan fingerprint density at radius 3 is 2.32 bits per heavy atom. The number of benzene rings is 2. The maximum absolute atomic E-state index is 13.5. The van der Waals surface area contributed by atoms with Gasteiger partial charge in [0.15, 0.2) is 21.0 Å². The molecule has 44 heavy (non-hydrogen) atoms. The highest BCUT2D eigenvalue weighted by atomic mass is 32.2. The van der Waals surface area contributed by atoms with Crippen molar-refractivity contribution in [3.8, 4) is 5.75 Å². The summed E-state index contributed by atoms with van der Waals surface area (Å²) in [5.41, 5.74) is 4.94. The summed E-state index contributed by atoms with van der Waals surface area (Å²) < 4.78 is 32.0. The van der Waals surface area contributed by atoms with Gasteiger partial charge < -0.3 is 19.5 Å². The van der Waals surface area contributed by atoms with Crippen LogP contribution < -0.4 is 15.2 Å². The molecule has 0 aliphatic carbocycles. The van der Waals surface area contributed by atoms with E-state index < -0.39 is 26.9 Å². The number of fused-ring (bicyclic) bond motifs is 1. The summed E-state index contributed by atoms with van der Waals surface area (Å²) in [5.74, 6) is -0.991. The van der Waals surface area contributed by atoms with Crippen molar-refractivity contribution in [2.24, 2.45) is 0 Å². The highest BCUT2D eigenvalue weighted by molar-refractivity contribution is 7.92. The number of sulfone groups is 1. The molecule has 4 heterocycles. The van der Waals surface area contributed by atoms with Crippen LogP contribution in [0.2, 0.25) is 0 Å². The largest absolute Gasteiger partial charge is 0.494 e. The highest BCUT2D eigenvalue weighted by Crippen LogP contribution is 2.35. The number of amides is 2. The molecule has 0 saturated carbocycles. The number of hydrogen-bond donors (Lipinski definition) is 2. The first-order chi connectivity index (χ1) is 21.2. The molecule has 2 amide bonds. The third-order valence-corrected chi connectivity index (χ3v) is 9.64. The van der Waals surface area contributed by atoms with Gasteiger partial charge in [-0.15, -0.1) is 0 Å². The van der Waals surface area contributed by atoms with Crippen molar-refractivity contribution < 1.29 is 27.5 Å². The summed E-state index contributed by atoms with van der Waals surface area (Å²) in [6.07, 6.45) is 5.90. The first kappa shape index (κ1) is 29.1. The number of aromatic nitrogens is 2. The van der Waals surface area contributed by atoms with Crippen LogP contribution in [0, 0.1) is 6.92 Å². The molecule has 12 nitrogen and oxygen atoms in total. The summed E-state index contributed by atoms with van der Waals surface area (Å²) in [7, 11) is -2.32. The van der Waals surface area contributed by atoms with Gasteiger partial charge in [0.05, 0.1) is 34.7 Å². The number of aryl methyl sites for hydroxylation is 1. The molecule has 0 radical (unpaired) electrons. The lowest BCUT2D eigenvalue weighted by molar-refractivity contribution is -0.127. The third-order valence-electron chi connectivity index (χ3n) is 7.78. The Balaban J connectivity index is 1.20. The lowest BCUT2D eigenvalue weighted by Gasteiger charge is -2.34. The minimum absolute atomic E-state index is 0.0975. The number of ether oxygens (including phenoxy) is 1. The van der Waals surface area contributed by atoms with E-state index in [0.29, 0.717) is 29.6 Å². The van der Waals surface area contributed by atoms with Gasteiger partial charge >= 0.3 is 0 Å². The van der Waals surface area contributed by atoms with Crippen molar-refractivity contribution in [3.05, 3.63) is 96.0 Å². The minimum Gasteiger partial charge on any atom is -0.494 e. The Morgan fingerprint density at radius 1 is 0.955 bits per heavy atom. The van der Waals surface area contributed by atoms with Crippen LogP contribution in [0.5, 0.6) is 5.75 Å². The average molecular weight is 615 g/mol. The molecular formula is C31H30N6O6S. The monoisotopic (exact) mass is 614 g/mol. The molecular weight excluding hydrogens is 584 g/mol. The SMILES string of the molecule is COc1cnc(N2C=CC(S(=O)(=O)c3ccc(C)cc3)N2)c2[nH]cc(C(=O)C(=O)N3CCN(C(=O)c4ccccc4)CC3)c12. The molecule has 2 aromatic carbocycles. The smallest absolute Gasteiger partial charge is 0.295 e. The van der Waals surface area contributed by atoms with Gasteiger partial charge in [0, 0.05) is 44.1 Å². The van der Waals surface area contributed by atoms with Crippen LogP contribution in [0.4, 0.5) is 5.82 Å². The Hall–Kier alpha value is -5.01. The Labute approximate surface area is 253 Å². The Morgan fingerprint density at radius 2 is 1.64 bits per heavy atom. The first-order valence-electron chi connectivity index (χ1n) is 14.0. The number of carbonyl (C=O) groups excluding carboxylic acids is 3. The molecule has 2 N–H and O–H groups in total. The number of H-pyrrole nitrogens is 1. The van der Waals surface area contributed by atoms with E-state index >= 15 is 0 Å². The number of hydrogen-bond acceptors (Lipinski definition) is 9. The minimum atomic E-state index is -3.75. The summed E-state index contributed by atoms with van der Waals surface area (Å²) in [6.45, 7) is 2.92. The van der Waals surface area contributed by atoms with Crippen LogP contribution in [0.25, 0.3) is 10.9 Å². The van der Waals surface area contributed by atoms with Gasteiger partial charge in [0.25, 0.3) is 17.6 Å². The molecule has 13 heteroatoms. The molecule has 1 atom stereocenters. The van der Waals surface area contributed by atoms with Crippen LogP contribution >= 0.6 is 0 Å². The zero-order valence-corrected chi connectivity index (χ0v) is 24.9. The quantitative estimate of drug-likeness (QED) is 0.237. The summed E-state index contributed by atoms with van der Waals surface area (Å²) >= 11 is 0. The molecule has 226 valence electrons. The number of methoxy groups -OCH3 is 1. The van der Waals surface area contributed by atoms with E-state index in [2.05, 4.69) is 15.4 Å². The predicted molar refractivity (Wildman–Crippen MR) is 163 cm³/mol. The van der Waals surface area contributed by atoms with E-state index in [-0.39, 0.29) is 41.0 Å². The lowest BCUT2D eigenvalue weighted by Crippen LogP contribution is -2.52. The zero-order valence-electron chi connectivity index (χ0n) is 24.1. The second kappa shape index (κ2) is 11.6. The van der Waals surface area contributed by atoms with Gasteiger partial charge in [0.2, 0.25) is 0 Å². The van der Waals surface area contributed by atoms with Crippen molar-refractivity contribution in [2.75, 3.05) is 38.3 Å². The number of nitrogens with zero attached hydrogens (tertiary/aromatic N) is 4. The number of ketones is 1. The summed E-state index contributed by atoms with van der Waals surface area (Å²) in [6, 6.07) is 15.5. The van der Waals surface area contributed by atoms with Crippen LogP contribution in [-0.2, 0) is 14.6 Å². The molecule has 0 spiro atoms. The number of Topliss-reactive ketones (excluding diaryl/α,β-unsaturated/α-hetero) is 1. The van der Waals surface area contributed by atoms with Crippen molar-refractivity contribution in [1.82, 2.24) is 25.2 Å². The molecule has 0 bridgehead atoms. The van der Waals surface area contributed by atoms with Gasteiger partial charge in [-0.3, -0.25) is 19.4 Å². The number of anilines is 1. The molecule has 4 aromatic rings. The van der Waals surface area contributed by atoms with Crippen LogP contribution in [-0.4, -0.2) is 84.4 Å². The van der Waals surface area contributed by atoms with Crippen molar-refractivity contribution in [1.29, 1.82) is 0 Å². The maximum atomic E-state index is 13.5. The fourth-order valence-electron chi connectivity index (χ4n) is 5.32. The number of carbonyl (C=O) groups is 3. The zero-order chi connectivity index (χ0) is 31.0. The van der Waals surface area contributed by atoms with Crippen molar-refractivity contribution in [2.45, 2.75) is 17.2 Å². The van der Waals surface area contributed by atoms with Gasteiger partial charge in [-0.2, -0.15) is 0 Å². The average Bonchev–Trinajstić information content (AvgIpc) is 3.73. The topological polar surface area (TPSA) is 145 Å². The Bertz CT molecular complexity index is 1880. The number of nitrogens with one attached hydrogen (secondary N) is 2. The van der Waals surface area contributed by atoms with Crippen molar-refractivity contribution in [3.63, 3.8) is 0 Å². The number of hydrazine groups is 1. The molecule has 1 fully saturated rings. The van der Waals surface area contributed by atoms with Gasteiger partial charge in [-0.1, -0.05) is 35.9 Å². The number of pyridine rings is 1. The fraction of sp³-hybridized carbons (Fsp3) is 0.226. The maximum Gasteiger partial charge on any atom is 0.295 e. The van der Waals surface area contributed by atoms with Crippen LogP contribution in [0.1, 0.15) is 26.3 Å². The summed E-state index contributed by atoms with van der Waals surface area (Å²) in [4.78, 5) is 50.4. The van der Waals surface area contributed by atoms with E-state index in [4.69, 9.17) is 4.74 Å². The standard InChI is InChI=1S/C31H30N6O6S/c1-20-8-10-22(11-9-20)44(41,42)25-12-13-37(34-25)29-27-26(24(43-2)19-33-29)23(18-32-27)28(38)31(40)36-16-14-35(15-17-36)30(39)21-6-4-3-5-7-21/h3-13,18-19,25,32,34H,14-17H2,1-2H3. The van der Waals surface area contributed by atoms with Crippen LogP contribution in [0.3, 0.4) is 0 Å². The van der Waals surface area contributed by atoms with Gasteiger partial charge in [-0.05, 0) is 37.3 Å². The van der Waals surface area contributed by atoms with E-state index in [1.807, 2.05) is 13.0 Å². The number of rotatable bonds is 7. The molecule has 1 saturated heterocycles. The van der Waals surface area contributed by atoms with Gasteiger partial charge in [0.1, 0.15) is 5.75 Å². The molecule has 2 aliphatic rings. The lowest BCUT2D eigenvalue weighted by atomic mass is 10.1.